The van der Waals surface area contributed by atoms with Crippen molar-refractivity contribution in [2.45, 2.75) is 194 Å². The van der Waals surface area contributed by atoms with E-state index < -0.39 is 60.4 Å². The summed E-state index contributed by atoms with van der Waals surface area (Å²) >= 11 is 0. The van der Waals surface area contributed by atoms with Crippen LogP contribution in [0.5, 0.6) is 0 Å². The molecule has 0 unspecified atom stereocenters. The summed E-state index contributed by atoms with van der Waals surface area (Å²) in [6.07, 6.45) is 12.4. The van der Waals surface area contributed by atoms with E-state index in [1.54, 1.807) is 0 Å². The average molecular weight is 843 g/mol. The van der Waals surface area contributed by atoms with Crippen LogP contribution in [0.2, 0.25) is 0 Å². The second-order valence-electron chi connectivity index (χ2n) is 20.1. The van der Waals surface area contributed by atoms with Gasteiger partial charge in [-0.25, -0.2) is 4.79 Å². The molecule has 4 aliphatic carbocycles. The lowest BCUT2D eigenvalue weighted by molar-refractivity contribution is -0.289. The van der Waals surface area contributed by atoms with Gasteiger partial charge in [0.05, 0.1) is 18.8 Å². The first-order valence-corrected chi connectivity index (χ1v) is 23.4. The van der Waals surface area contributed by atoms with Crippen molar-refractivity contribution < 1.29 is 52.3 Å². The molecule has 1 spiro atoms. The Balaban J connectivity index is 1.07. The van der Waals surface area contributed by atoms with Gasteiger partial charge in [-0.1, -0.05) is 72.0 Å². The first-order chi connectivity index (χ1) is 28.6. The summed E-state index contributed by atoms with van der Waals surface area (Å²) in [7, 11) is 0. The van der Waals surface area contributed by atoms with Crippen molar-refractivity contribution in [3.8, 4) is 0 Å². The van der Waals surface area contributed by atoms with E-state index in [2.05, 4.69) is 51.3 Å². The Morgan fingerprint density at radius 2 is 1.63 bits per heavy atom. The quantitative estimate of drug-likeness (QED) is 0.0818. The number of urea groups is 1. The van der Waals surface area contributed by atoms with Crippen LogP contribution < -0.4 is 10.6 Å². The third-order valence-electron chi connectivity index (χ3n) is 16.2. The number of rotatable bonds is 13. The molecule has 0 aromatic rings. The summed E-state index contributed by atoms with van der Waals surface area (Å²) in [6, 6.07) is -1.51. The molecule has 7 rings (SSSR count). The molecule has 3 saturated heterocycles. The van der Waals surface area contributed by atoms with Gasteiger partial charge in [0.25, 0.3) is 0 Å². The monoisotopic (exact) mass is 843 g/mol. The first kappa shape index (κ1) is 45.3. The van der Waals surface area contributed by atoms with Crippen molar-refractivity contribution in [3.05, 3.63) is 11.6 Å². The predicted octanol–water partition coefficient (Wildman–Crippen LogP) is 7.53. The van der Waals surface area contributed by atoms with Crippen molar-refractivity contribution in [1.29, 1.82) is 0 Å². The number of ether oxygens (including phenoxy) is 7. The third kappa shape index (κ3) is 9.03. The lowest BCUT2D eigenvalue weighted by Crippen LogP contribution is -2.68. The maximum atomic E-state index is 13.5. The number of allylic oxidation sites excluding steroid dienone is 1. The minimum absolute atomic E-state index is 0.0404. The number of fused-ring (bicyclic) bond motifs is 7. The molecule has 6 fully saturated rings. The molecule has 3 heterocycles. The Morgan fingerprint density at radius 1 is 0.883 bits per heavy atom. The summed E-state index contributed by atoms with van der Waals surface area (Å²) in [6.45, 7) is 16.7. The SMILES string of the molecule is CCCCCCCNC(=O)N[C@H]1[C@H](O[C@H]2CC[C@@]3(C)C(=CC[C@H]4[C@@H]5C[C@@H]6O[C@]7(CC[C@@H](C)CO7)[C@@H](C)[C@@H]6[C@@]5(C)CC[C@@H]43)C2)O[C@H](COC(C)=O)[C@@H](OC(C)=O)[C@@H]1OC(C)=O. The molecular weight excluding hydrogens is 769 g/mol. The van der Waals surface area contributed by atoms with Crippen molar-refractivity contribution in [2.75, 3.05) is 19.8 Å². The van der Waals surface area contributed by atoms with Crippen LogP contribution in [0.25, 0.3) is 0 Å². The molecule has 2 N–H and O–H groups in total. The lowest BCUT2D eigenvalue weighted by atomic mass is 9.47. The zero-order valence-electron chi connectivity index (χ0n) is 37.6. The van der Waals surface area contributed by atoms with E-state index in [1.807, 2.05) is 0 Å². The zero-order valence-corrected chi connectivity index (χ0v) is 37.6. The highest BCUT2D eigenvalue weighted by atomic mass is 16.7. The van der Waals surface area contributed by atoms with Crippen LogP contribution in [0.3, 0.4) is 0 Å². The molecule has 16 atom stereocenters. The van der Waals surface area contributed by atoms with Crippen LogP contribution in [-0.4, -0.2) is 92.3 Å². The summed E-state index contributed by atoms with van der Waals surface area (Å²) in [5.41, 5.74) is 1.69. The highest BCUT2D eigenvalue weighted by molar-refractivity contribution is 5.74. The van der Waals surface area contributed by atoms with Gasteiger partial charge >= 0.3 is 23.9 Å². The second-order valence-corrected chi connectivity index (χ2v) is 20.1. The maximum Gasteiger partial charge on any atom is 0.315 e. The summed E-state index contributed by atoms with van der Waals surface area (Å²) in [4.78, 5) is 50.4. The van der Waals surface area contributed by atoms with E-state index >= 15 is 0 Å². The molecule has 7 aliphatic rings. The van der Waals surface area contributed by atoms with E-state index in [0.717, 1.165) is 70.8 Å². The Labute approximate surface area is 357 Å². The minimum atomic E-state index is -1.18. The third-order valence-corrected chi connectivity index (χ3v) is 16.2. The largest absolute Gasteiger partial charge is 0.463 e. The molecule has 0 aromatic heterocycles. The molecule has 2 amide bonds. The van der Waals surface area contributed by atoms with Crippen LogP contribution in [-0.2, 0) is 47.5 Å². The Kier molecular flexibility index (Phi) is 14.0. The molecule has 0 bridgehead atoms. The van der Waals surface area contributed by atoms with Crippen LogP contribution in [0.1, 0.15) is 145 Å². The fraction of sp³-hybridized carbons (Fsp3) is 0.872. The first-order valence-electron chi connectivity index (χ1n) is 23.4. The topological polar surface area (TPSA) is 157 Å². The Bertz CT molecular complexity index is 1600. The fourth-order valence-electron chi connectivity index (χ4n) is 13.3. The van der Waals surface area contributed by atoms with Gasteiger partial charge < -0.3 is 43.8 Å². The van der Waals surface area contributed by atoms with Crippen LogP contribution in [0, 0.1) is 46.3 Å². The van der Waals surface area contributed by atoms with Gasteiger partial charge in [-0.2, -0.15) is 0 Å². The van der Waals surface area contributed by atoms with E-state index in [0.29, 0.717) is 48.5 Å². The summed E-state index contributed by atoms with van der Waals surface area (Å²) in [5.74, 6) is 1.06. The van der Waals surface area contributed by atoms with Gasteiger partial charge in [-0.05, 0) is 98.2 Å². The van der Waals surface area contributed by atoms with Gasteiger partial charge in [0.2, 0.25) is 0 Å². The Morgan fingerprint density at radius 3 is 2.33 bits per heavy atom. The minimum Gasteiger partial charge on any atom is -0.463 e. The number of hydrogen-bond donors (Lipinski definition) is 2. The van der Waals surface area contributed by atoms with E-state index in [4.69, 9.17) is 33.2 Å². The molecule has 60 heavy (non-hydrogen) atoms. The summed E-state index contributed by atoms with van der Waals surface area (Å²) in [5, 5.41) is 5.89. The zero-order chi connectivity index (χ0) is 43.0. The van der Waals surface area contributed by atoms with Crippen molar-refractivity contribution in [2.24, 2.45) is 46.3 Å². The molecule has 13 heteroatoms. The van der Waals surface area contributed by atoms with Crippen LogP contribution >= 0.6 is 0 Å². The number of amides is 2. The van der Waals surface area contributed by atoms with Gasteiger partial charge in [0.1, 0.15) is 18.8 Å². The lowest BCUT2D eigenvalue weighted by Gasteiger charge is -2.58. The molecule has 0 aromatic carbocycles. The number of unbranched alkanes of at least 4 members (excludes halogenated alkanes) is 4. The van der Waals surface area contributed by atoms with Crippen molar-refractivity contribution >= 4 is 23.9 Å². The van der Waals surface area contributed by atoms with Crippen LogP contribution in [0.4, 0.5) is 4.79 Å². The number of nitrogens with one attached hydrogen (secondary N) is 2. The number of esters is 3. The van der Waals surface area contributed by atoms with Gasteiger partial charge in [-0.3, -0.25) is 14.4 Å². The number of hydrogen-bond acceptors (Lipinski definition) is 11. The molecule has 338 valence electrons. The predicted molar refractivity (Wildman–Crippen MR) is 222 cm³/mol. The highest BCUT2D eigenvalue weighted by Gasteiger charge is 2.69. The summed E-state index contributed by atoms with van der Waals surface area (Å²) < 4.78 is 43.8. The van der Waals surface area contributed by atoms with Crippen molar-refractivity contribution in [1.82, 2.24) is 10.6 Å². The fourth-order valence-corrected chi connectivity index (χ4v) is 13.3. The molecule has 0 radical (unpaired) electrons. The van der Waals surface area contributed by atoms with Gasteiger partial charge in [-0.15, -0.1) is 0 Å². The van der Waals surface area contributed by atoms with Crippen molar-refractivity contribution in [3.63, 3.8) is 0 Å². The molecular formula is C47H74N2O11. The maximum absolute atomic E-state index is 13.5. The van der Waals surface area contributed by atoms with Crippen LogP contribution in [0.15, 0.2) is 11.6 Å². The van der Waals surface area contributed by atoms with E-state index in [9.17, 15) is 19.2 Å². The smallest absolute Gasteiger partial charge is 0.315 e. The Hall–Kier alpha value is -2.74. The normalized spacial score (nSPS) is 43.1. The average Bonchev–Trinajstić information content (AvgIpc) is 3.64. The number of carbonyl (C=O) groups excluding carboxylic acids is 4. The van der Waals surface area contributed by atoms with E-state index in [-0.39, 0.29) is 29.6 Å². The van der Waals surface area contributed by atoms with Gasteiger partial charge in [0.15, 0.2) is 24.3 Å². The van der Waals surface area contributed by atoms with Gasteiger partial charge in [0, 0.05) is 39.7 Å². The molecule has 13 nitrogen and oxygen atoms in total. The standard InChI is InChI=1S/C47H74N2O11/c1-9-10-11-12-13-22-48-44(53)49-40-42(57-31(6)52)41(56-30(5)51)38(26-54-29(4)50)59-43(40)58-33-17-19-45(7)32(23-33)14-15-34-35(45)18-20-46(8)36(34)24-37-39(46)28(3)47(60-37)21-16-27(2)25-55-47/h14,27-28,33-43H,9-13,15-26H2,1-8H3,(H2,48,49,53)/t27-,28+,33+,34-,35+,36+,37+,38-,39+,40-,41-,42-,43-,45+,46+,47-/m1/s1. The molecule has 3 saturated carbocycles. The number of carbonyl (C=O) groups is 4. The highest BCUT2D eigenvalue weighted by Crippen LogP contribution is 2.70. The second kappa shape index (κ2) is 18.5. The van der Waals surface area contributed by atoms with E-state index in [1.165, 1.54) is 45.6 Å². The molecule has 3 aliphatic heterocycles.